The molecule has 2 aliphatic carbocycles. The summed E-state index contributed by atoms with van der Waals surface area (Å²) in [4.78, 5) is 0. The van der Waals surface area contributed by atoms with Gasteiger partial charge in [-0.15, -0.1) is 0 Å². The van der Waals surface area contributed by atoms with Crippen molar-refractivity contribution in [3.8, 4) is 11.1 Å². The Bertz CT molecular complexity index is 876. The molecule has 0 radical (unpaired) electrons. The molecule has 0 N–H and O–H groups in total. The number of fused-ring (bicyclic) bond motifs is 1. The zero-order valence-electron chi connectivity index (χ0n) is 16.4. The lowest BCUT2D eigenvalue weighted by molar-refractivity contribution is 0.206. The molecule has 0 saturated heterocycles. The Kier molecular flexibility index (Phi) is 5.61. The first-order valence-corrected chi connectivity index (χ1v) is 10.4. The highest BCUT2D eigenvalue weighted by atomic mass is 19.2. The van der Waals surface area contributed by atoms with Crippen LogP contribution in [-0.2, 0) is 12.8 Å². The van der Waals surface area contributed by atoms with Crippen molar-refractivity contribution < 1.29 is 13.2 Å². The van der Waals surface area contributed by atoms with Crippen LogP contribution in [-0.4, -0.2) is 0 Å². The van der Waals surface area contributed by atoms with Crippen LogP contribution in [0.15, 0.2) is 42.5 Å². The van der Waals surface area contributed by atoms with Gasteiger partial charge in [0.15, 0.2) is 11.6 Å². The molecule has 1 fully saturated rings. The zero-order chi connectivity index (χ0) is 19.7. The second kappa shape index (κ2) is 8.14. The summed E-state index contributed by atoms with van der Waals surface area (Å²) in [5, 5.41) is 0. The molecule has 0 heterocycles. The summed E-state index contributed by atoms with van der Waals surface area (Å²) < 4.78 is 42.5. The van der Waals surface area contributed by atoms with Crippen LogP contribution >= 0.6 is 0 Å². The lowest BCUT2D eigenvalue weighted by Gasteiger charge is -2.36. The highest BCUT2D eigenvalue weighted by molar-refractivity contribution is 5.66. The lowest BCUT2D eigenvalue weighted by Crippen LogP contribution is -2.26. The molecule has 0 nitrogen and oxygen atoms in total. The van der Waals surface area contributed by atoms with Gasteiger partial charge < -0.3 is 0 Å². The van der Waals surface area contributed by atoms with E-state index >= 15 is 0 Å². The molecule has 1 unspecified atom stereocenters. The van der Waals surface area contributed by atoms with Crippen molar-refractivity contribution in [2.75, 3.05) is 0 Å². The standard InChI is InChI=1S/C25H27F3/c1-2-4-16-7-9-17(10-8-16)18-11-12-19-14-22(24(27)15-20(19)13-18)21-5-3-6-23(26)25(21)28/h2-6,14-18H,7-13H2,1H3/b4-2+. The molecule has 0 spiro atoms. The van der Waals surface area contributed by atoms with Crippen molar-refractivity contribution in [1.82, 2.24) is 0 Å². The zero-order valence-corrected chi connectivity index (χ0v) is 16.4. The topological polar surface area (TPSA) is 0 Å². The van der Waals surface area contributed by atoms with E-state index in [0.717, 1.165) is 48.3 Å². The number of halogens is 3. The van der Waals surface area contributed by atoms with Crippen LogP contribution in [0.5, 0.6) is 0 Å². The molecule has 2 aliphatic rings. The van der Waals surface area contributed by atoms with Gasteiger partial charge in [-0.2, -0.15) is 0 Å². The van der Waals surface area contributed by atoms with Crippen LogP contribution in [0, 0.1) is 35.2 Å². The van der Waals surface area contributed by atoms with Crippen LogP contribution in [0.3, 0.4) is 0 Å². The molecule has 4 rings (SSSR count). The van der Waals surface area contributed by atoms with Crippen molar-refractivity contribution in [2.24, 2.45) is 17.8 Å². The van der Waals surface area contributed by atoms with Gasteiger partial charge in [-0.1, -0.05) is 24.3 Å². The van der Waals surface area contributed by atoms with Crippen LogP contribution in [0.25, 0.3) is 11.1 Å². The van der Waals surface area contributed by atoms with E-state index in [1.165, 1.54) is 37.8 Å². The van der Waals surface area contributed by atoms with Crippen molar-refractivity contribution >= 4 is 0 Å². The van der Waals surface area contributed by atoms with E-state index in [1.807, 2.05) is 0 Å². The third-order valence-electron chi connectivity index (χ3n) is 6.75. The van der Waals surface area contributed by atoms with Crippen molar-refractivity contribution in [3.63, 3.8) is 0 Å². The predicted octanol–water partition coefficient (Wildman–Crippen LogP) is 7.26. The highest BCUT2D eigenvalue weighted by Gasteiger charge is 2.30. The van der Waals surface area contributed by atoms with Crippen molar-refractivity contribution in [3.05, 3.63) is 71.1 Å². The van der Waals surface area contributed by atoms with E-state index in [0.29, 0.717) is 5.92 Å². The largest absolute Gasteiger partial charge is 0.206 e. The van der Waals surface area contributed by atoms with Crippen LogP contribution in [0.4, 0.5) is 13.2 Å². The van der Waals surface area contributed by atoms with E-state index < -0.39 is 17.5 Å². The minimum atomic E-state index is -0.979. The Morgan fingerprint density at radius 2 is 1.61 bits per heavy atom. The summed E-state index contributed by atoms with van der Waals surface area (Å²) in [5.41, 5.74) is 2.30. The molecule has 0 amide bonds. The first-order valence-electron chi connectivity index (χ1n) is 10.4. The summed E-state index contributed by atoms with van der Waals surface area (Å²) in [6.45, 7) is 2.09. The number of aryl methyl sites for hydroxylation is 1. The monoisotopic (exact) mass is 384 g/mol. The van der Waals surface area contributed by atoms with E-state index in [1.54, 1.807) is 12.1 Å². The smallest absolute Gasteiger partial charge is 0.166 e. The maximum Gasteiger partial charge on any atom is 0.166 e. The molecule has 2 aromatic rings. The fourth-order valence-corrected chi connectivity index (χ4v) is 5.21. The quantitative estimate of drug-likeness (QED) is 0.489. The lowest BCUT2D eigenvalue weighted by atomic mass is 9.69. The fraction of sp³-hybridized carbons (Fsp3) is 0.440. The summed E-state index contributed by atoms with van der Waals surface area (Å²) in [5.74, 6) is -0.330. The van der Waals surface area contributed by atoms with Gasteiger partial charge in [0.2, 0.25) is 0 Å². The Labute approximate surface area is 165 Å². The van der Waals surface area contributed by atoms with E-state index in [2.05, 4.69) is 19.1 Å². The Balaban J connectivity index is 1.53. The molecule has 3 heteroatoms. The van der Waals surface area contributed by atoms with E-state index in [4.69, 9.17) is 0 Å². The average Bonchev–Trinajstić information content (AvgIpc) is 2.70. The molecule has 148 valence electrons. The minimum Gasteiger partial charge on any atom is -0.206 e. The third-order valence-corrected chi connectivity index (χ3v) is 6.75. The number of allylic oxidation sites excluding steroid dienone is 2. The van der Waals surface area contributed by atoms with Gasteiger partial charge in [0.1, 0.15) is 5.82 Å². The predicted molar refractivity (Wildman–Crippen MR) is 108 cm³/mol. The van der Waals surface area contributed by atoms with E-state index in [-0.39, 0.29) is 11.1 Å². The maximum absolute atomic E-state index is 14.8. The SMILES string of the molecule is C/C=C/C1CCC(C2CCc3cc(-c4cccc(F)c4F)c(F)cc3C2)CC1. The minimum absolute atomic E-state index is 0.00437. The summed E-state index contributed by atoms with van der Waals surface area (Å²) in [6, 6.07) is 7.23. The Morgan fingerprint density at radius 3 is 2.36 bits per heavy atom. The Morgan fingerprint density at radius 1 is 0.821 bits per heavy atom. The number of hydrogen-bond acceptors (Lipinski definition) is 0. The third kappa shape index (κ3) is 3.76. The molecular formula is C25H27F3. The highest BCUT2D eigenvalue weighted by Crippen LogP contribution is 2.41. The van der Waals surface area contributed by atoms with Gasteiger partial charge in [-0.05, 0) is 98.9 Å². The second-order valence-electron chi connectivity index (χ2n) is 8.41. The van der Waals surface area contributed by atoms with Gasteiger partial charge in [0.25, 0.3) is 0 Å². The number of rotatable bonds is 3. The summed E-state index contributed by atoms with van der Waals surface area (Å²) in [6.07, 6.45) is 12.4. The van der Waals surface area contributed by atoms with Gasteiger partial charge in [-0.25, -0.2) is 13.2 Å². The molecule has 0 bridgehead atoms. The van der Waals surface area contributed by atoms with Crippen molar-refractivity contribution in [1.29, 1.82) is 0 Å². The molecule has 1 atom stereocenters. The first-order chi connectivity index (χ1) is 13.6. The van der Waals surface area contributed by atoms with Gasteiger partial charge in [0.05, 0.1) is 0 Å². The Hall–Kier alpha value is -2.03. The van der Waals surface area contributed by atoms with Gasteiger partial charge in [0, 0.05) is 11.1 Å². The van der Waals surface area contributed by atoms with E-state index in [9.17, 15) is 13.2 Å². The van der Waals surface area contributed by atoms with Crippen LogP contribution in [0.2, 0.25) is 0 Å². The number of benzene rings is 2. The molecule has 0 aliphatic heterocycles. The second-order valence-corrected chi connectivity index (χ2v) is 8.41. The van der Waals surface area contributed by atoms with Crippen LogP contribution in [0.1, 0.15) is 50.2 Å². The van der Waals surface area contributed by atoms with Gasteiger partial charge in [-0.3, -0.25) is 0 Å². The summed E-state index contributed by atoms with van der Waals surface area (Å²) >= 11 is 0. The molecule has 0 aromatic heterocycles. The fourth-order valence-electron chi connectivity index (χ4n) is 5.21. The average molecular weight is 384 g/mol. The summed E-state index contributed by atoms with van der Waals surface area (Å²) in [7, 11) is 0. The van der Waals surface area contributed by atoms with Crippen molar-refractivity contribution in [2.45, 2.75) is 51.9 Å². The molecule has 2 aromatic carbocycles. The normalized spacial score (nSPS) is 25.1. The number of hydrogen-bond donors (Lipinski definition) is 0. The molecule has 28 heavy (non-hydrogen) atoms. The maximum atomic E-state index is 14.8. The molecular weight excluding hydrogens is 357 g/mol. The molecule has 1 saturated carbocycles. The van der Waals surface area contributed by atoms with Gasteiger partial charge >= 0.3 is 0 Å². The first kappa shape index (κ1) is 19.3. The van der Waals surface area contributed by atoms with Crippen LogP contribution < -0.4 is 0 Å².